The van der Waals surface area contributed by atoms with Gasteiger partial charge in [-0.25, -0.2) is 4.79 Å². The molecule has 1 heterocycles. The van der Waals surface area contributed by atoms with Gasteiger partial charge in [0.25, 0.3) is 0 Å². The highest BCUT2D eigenvalue weighted by Gasteiger charge is 2.33. The molecule has 2 amide bonds. The first-order chi connectivity index (χ1) is 12.9. The van der Waals surface area contributed by atoms with Gasteiger partial charge in [-0.05, 0) is 43.3 Å². The molecular formula is C20H19ClN2O4. The SMILES string of the molecule is COc1ccc([C@@H]2NC(=O)NC(C)=C2C(=O)c2ccc(Cl)cc2)c(OC)c1. The second kappa shape index (κ2) is 7.72. The van der Waals surface area contributed by atoms with Crippen LogP contribution in [0.5, 0.6) is 11.5 Å². The van der Waals surface area contributed by atoms with E-state index < -0.39 is 6.04 Å². The molecule has 0 aliphatic carbocycles. The van der Waals surface area contributed by atoms with Crippen molar-refractivity contribution in [3.8, 4) is 11.5 Å². The highest BCUT2D eigenvalue weighted by molar-refractivity contribution is 6.30. The van der Waals surface area contributed by atoms with Crippen molar-refractivity contribution in [2.45, 2.75) is 13.0 Å². The summed E-state index contributed by atoms with van der Waals surface area (Å²) in [5, 5.41) is 6.02. The fourth-order valence-electron chi connectivity index (χ4n) is 3.04. The highest BCUT2D eigenvalue weighted by atomic mass is 35.5. The van der Waals surface area contributed by atoms with Gasteiger partial charge in [0.1, 0.15) is 11.5 Å². The zero-order chi connectivity index (χ0) is 19.6. The van der Waals surface area contributed by atoms with E-state index in [0.29, 0.717) is 38.9 Å². The lowest BCUT2D eigenvalue weighted by Crippen LogP contribution is -2.45. The second-order valence-corrected chi connectivity index (χ2v) is 6.45. The lowest BCUT2D eigenvalue weighted by molar-refractivity contribution is 0.102. The normalized spacial score (nSPS) is 16.4. The first-order valence-corrected chi connectivity index (χ1v) is 8.63. The number of amides is 2. The van der Waals surface area contributed by atoms with E-state index in [1.54, 1.807) is 56.5 Å². The number of ketones is 1. The third-order valence-corrected chi connectivity index (χ3v) is 4.62. The van der Waals surface area contributed by atoms with Crippen LogP contribution in [0.25, 0.3) is 0 Å². The molecular weight excluding hydrogens is 368 g/mol. The minimum absolute atomic E-state index is 0.209. The van der Waals surface area contributed by atoms with Crippen LogP contribution in [0.4, 0.5) is 4.79 Å². The fourth-order valence-corrected chi connectivity index (χ4v) is 3.17. The number of Topliss-reactive ketones (excluding diaryl/α,β-unsaturated/α-hetero) is 1. The summed E-state index contributed by atoms with van der Waals surface area (Å²) in [6.07, 6.45) is 0. The number of hydrogen-bond acceptors (Lipinski definition) is 4. The number of nitrogens with one attached hydrogen (secondary N) is 2. The monoisotopic (exact) mass is 386 g/mol. The summed E-state index contributed by atoms with van der Waals surface area (Å²) in [6, 6.07) is 10.8. The topological polar surface area (TPSA) is 76.7 Å². The summed E-state index contributed by atoms with van der Waals surface area (Å²) >= 11 is 5.92. The standard InChI is InChI=1S/C20H19ClN2O4/c1-11-17(19(24)12-4-6-13(21)7-5-12)18(23-20(25)22-11)15-9-8-14(26-2)10-16(15)27-3/h4-10,18H,1-3H3,(H2,22,23,25)/t18-/m0/s1. The average Bonchev–Trinajstić information content (AvgIpc) is 2.67. The quantitative estimate of drug-likeness (QED) is 0.765. The van der Waals surface area contributed by atoms with Crippen molar-refractivity contribution in [1.29, 1.82) is 0 Å². The van der Waals surface area contributed by atoms with Gasteiger partial charge in [0.15, 0.2) is 5.78 Å². The molecule has 0 saturated heterocycles. The molecule has 7 heteroatoms. The Labute approximate surface area is 162 Å². The van der Waals surface area contributed by atoms with Crippen molar-refractivity contribution in [3.63, 3.8) is 0 Å². The van der Waals surface area contributed by atoms with E-state index in [1.807, 2.05) is 0 Å². The van der Waals surface area contributed by atoms with Gasteiger partial charge in [-0.15, -0.1) is 0 Å². The van der Waals surface area contributed by atoms with Gasteiger partial charge < -0.3 is 20.1 Å². The van der Waals surface area contributed by atoms with E-state index in [1.165, 1.54) is 7.11 Å². The Balaban J connectivity index is 2.10. The third kappa shape index (κ3) is 3.75. The van der Waals surface area contributed by atoms with Crippen LogP contribution in [0.15, 0.2) is 53.7 Å². The maximum Gasteiger partial charge on any atom is 0.319 e. The molecule has 27 heavy (non-hydrogen) atoms. The van der Waals surface area contributed by atoms with E-state index in [9.17, 15) is 9.59 Å². The molecule has 0 fully saturated rings. The molecule has 0 saturated carbocycles. The van der Waals surface area contributed by atoms with Crippen LogP contribution in [-0.2, 0) is 0 Å². The molecule has 6 nitrogen and oxygen atoms in total. The van der Waals surface area contributed by atoms with Gasteiger partial charge >= 0.3 is 6.03 Å². The number of allylic oxidation sites excluding steroid dienone is 1. The molecule has 1 aliphatic rings. The summed E-state index contributed by atoms with van der Waals surface area (Å²) < 4.78 is 10.7. The van der Waals surface area contributed by atoms with Crippen molar-refractivity contribution >= 4 is 23.4 Å². The summed E-state index contributed by atoms with van der Waals surface area (Å²) in [5.74, 6) is 0.914. The number of rotatable bonds is 5. The van der Waals surface area contributed by atoms with Gasteiger partial charge in [0.2, 0.25) is 0 Å². The van der Waals surface area contributed by atoms with Gasteiger partial charge in [-0.2, -0.15) is 0 Å². The molecule has 0 spiro atoms. The van der Waals surface area contributed by atoms with Crippen LogP contribution in [-0.4, -0.2) is 26.0 Å². The Bertz CT molecular complexity index is 922. The highest BCUT2D eigenvalue weighted by Crippen LogP contribution is 2.36. The predicted molar refractivity (Wildman–Crippen MR) is 102 cm³/mol. The van der Waals surface area contributed by atoms with Crippen LogP contribution in [0.3, 0.4) is 0 Å². The number of benzene rings is 2. The van der Waals surface area contributed by atoms with Gasteiger partial charge in [0.05, 0.1) is 20.3 Å². The summed E-state index contributed by atoms with van der Waals surface area (Å²) in [7, 11) is 3.08. The zero-order valence-corrected chi connectivity index (χ0v) is 15.9. The Kier molecular flexibility index (Phi) is 5.37. The van der Waals surface area contributed by atoms with Crippen molar-refractivity contribution in [2.75, 3.05) is 14.2 Å². The fraction of sp³-hybridized carbons (Fsp3) is 0.200. The molecule has 3 rings (SSSR count). The molecule has 1 atom stereocenters. The molecule has 2 N–H and O–H groups in total. The lowest BCUT2D eigenvalue weighted by Gasteiger charge is -2.29. The molecule has 140 valence electrons. The van der Waals surface area contributed by atoms with E-state index >= 15 is 0 Å². The lowest BCUT2D eigenvalue weighted by atomic mass is 9.89. The molecule has 1 aliphatic heterocycles. The number of methoxy groups -OCH3 is 2. The van der Waals surface area contributed by atoms with Crippen LogP contribution in [0.1, 0.15) is 28.9 Å². The van der Waals surface area contributed by atoms with E-state index in [-0.39, 0.29) is 11.8 Å². The van der Waals surface area contributed by atoms with Crippen molar-refractivity contribution in [2.24, 2.45) is 0 Å². The number of urea groups is 1. The second-order valence-electron chi connectivity index (χ2n) is 6.01. The van der Waals surface area contributed by atoms with Crippen molar-refractivity contribution in [3.05, 3.63) is 69.9 Å². The Morgan fingerprint density at radius 2 is 1.78 bits per heavy atom. The zero-order valence-electron chi connectivity index (χ0n) is 15.1. The minimum Gasteiger partial charge on any atom is -0.497 e. The number of ether oxygens (including phenoxy) is 2. The van der Waals surface area contributed by atoms with Gasteiger partial charge in [-0.3, -0.25) is 4.79 Å². The molecule has 2 aromatic rings. The molecule has 0 bridgehead atoms. The van der Waals surface area contributed by atoms with Crippen LogP contribution in [0, 0.1) is 0 Å². The first kappa shape index (κ1) is 18.8. The molecule has 0 radical (unpaired) electrons. The van der Waals surface area contributed by atoms with Crippen LogP contribution in [0.2, 0.25) is 5.02 Å². The number of hydrogen-bond donors (Lipinski definition) is 2. The summed E-state index contributed by atoms with van der Waals surface area (Å²) in [5.41, 5.74) is 2.05. The minimum atomic E-state index is -0.664. The van der Waals surface area contributed by atoms with Crippen LogP contribution >= 0.6 is 11.6 Å². The maximum atomic E-state index is 13.2. The van der Waals surface area contributed by atoms with Gasteiger partial charge in [0, 0.05) is 33.5 Å². The summed E-state index contributed by atoms with van der Waals surface area (Å²) in [6.45, 7) is 1.70. The van der Waals surface area contributed by atoms with E-state index in [2.05, 4.69) is 10.6 Å². The number of halogens is 1. The smallest absolute Gasteiger partial charge is 0.319 e. The number of carbonyl (C=O) groups excluding carboxylic acids is 2. The van der Waals surface area contributed by atoms with E-state index in [0.717, 1.165) is 0 Å². The van der Waals surface area contributed by atoms with E-state index in [4.69, 9.17) is 21.1 Å². The van der Waals surface area contributed by atoms with Gasteiger partial charge in [-0.1, -0.05) is 11.6 Å². The largest absolute Gasteiger partial charge is 0.497 e. The molecule has 0 aromatic heterocycles. The first-order valence-electron chi connectivity index (χ1n) is 8.25. The third-order valence-electron chi connectivity index (χ3n) is 4.37. The van der Waals surface area contributed by atoms with Crippen molar-refractivity contribution in [1.82, 2.24) is 10.6 Å². The average molecular weight is 387 g/mol. The Morgan fingerprint density at radius 3 is 2.41 bits per heavy atom. The van der Waals surface area contributed by atoms with Crippen molar-refractivity contribution < 1.29 is 19.1 Å². The molecule has 2 aromatic carbocycles. The molecule has 0 unspecified atom stereocenters. The maximum absolute atomic E-state index is 13.2. The number of carbonyl (C=O) groups is 2. The van der Waals surface area contributed by atoms with Crippen LogP contribution < -0.4 is 20.1 Å². The Morgan fingerprint density at radius 1 is 1.07 bits per heavy atom. The predicted octanol–water partition coefficient (Wildman–Crippen LogP) is 3.87. The summed E-state index contributed by atoms with van der Waals surface area (Å²) in [4.78, 5) is 25.3. The Hall–Kier alpha value is -2.99.